The summed E-state index contributed by atoms with van der Waals surface area (Å²) in [6.07, 6.45) is 4.90. The van der Waals surface area contributed by atoms with E-state index in [1.165, 1.54) is 10.9 Å². The number of benzene rings is 2. The van der Waals surface area contributed by atoms with Crippen molar-refractivity contribution in [2.24, 2.45) is 0 Å². The standard InChI is InChI=1S/C25H22N6O2/c1-17(19-6-10-23(11-7-19)33-16-18-3-2-12-28-14-18)30-25(32)20-4-8-22(9-5-20)31-24(27)21(13-26)15-29-31/h2-12,14-15,17H,16,27H2,1H3,(H,30,32)/t17-/m1/s1. The maximum Gasteiger partial charge on any atom is 0.251 e. The molecule has 33 heavy (non-hydrogen) atoms. The first-order chi connectivity index (χ1) is 16.0. The maximum absolute atomic E-state index is 12.7. The normalized spacial score (nSPS) is 11.4. The van der Waals surface area contributed by atoms with Crippen LogP contribution >= 0.6 is 0 Å². The van der Waals surface area contributed by atoms with Crippen molar-refractivity contribution in [2.45, 2.75) is 19.6 Å². The molecule has 0 unspecified atom stereocenters. The minimum atomic E-state index is -0.197. The number of aromatic nitrogens is 3. The van der Waals surface area contributed by atoms with Gasteiger partial charge in [0.05, 0.1) is 17.9 Å². The number of amides is 1. The Bertz CT molecular complexity index is 1280. The number of carbonyl (C=O) groups is 1. The van der Waals surface area contributed by atoms with Crippen LogP contribution in [-0.2, 0) is 6.61 Å². The molecule has 164 valence electrons. The monoisotopic (exact) mass is 438 g/mol. The summed E-state index contributed by atoms with van der Waals surface area (Å²) in [5.74, 6) is 0.808. The lowest BCUT2D eigenvalue weighted by molar-refractivity contribution is 0.0940. The second-order valence-electron chi connectivity index (χ2n) is 7.43. The van der Waals surface area contributed by atoms with Gasteiger partial charge in [-0.05, 0) is 55.0 Å². The van der Waals surface area contributed by atoms with Crippen molar-refractivity contribution >= 4 is 11.7 Å². The lowest BCUT2D eigenvalue weighted by atomic mass is 10.1. The summed E-state index contributed by atoms with van der Waals surface area (Å²) in [5.41, 5.74) is 9.35. The molecule has 2 heterocycles. The van der Waals surface area contributed by atoms with Gasteiger partial charge < -0.3 is 15.8 Å². The number of hydrogen-bond donors (Lipinski definition) is 2. The number of hydrogen-bond acceptors (Lipinski definition) is 6. The van der Waals surface area contributed by atoms with Gasteiger partial charge in [0.2, 0.25) is 0 Å². The number of ether oxygens (including phenoxy) is 1. The first-order valence-electron chi connectivity index (χ1n) is 10.3. The van der Waals surface area contributed by atoms with E-state index >= 15 is 0 Å². The lowest BCUT2D eigenvalue weighted by Crippen LogP contribution is -2.26. The number of pyridine rings is 1. The lowest BCUT2D eigenvalue weighted by Gasteiger charge is -2.15. The minimum absolute atomic E-state index is 0.190. The molecule has 0 radical (unpaired) electrons. The number of rotatable bonds is 7. The van der Waals surface area contributed by atoms with Crippen LogP contribution < -0.4 is 15.8 Å². The molecular formula is C25H22N6O2. The molecule has 4 rings (SSSR count). The van der Waals surface area contributed by atoms with Gasteiger partial charge in [0.15, 0.2) is 0 Å². The summed E-state index contributed by atoms with van der Waals surface area (Å²) in [6, 6.07) is 20.1. The molecule has 2 aromatic heterocycles. The molecule has 1 atom stereocenters. The second kappa shape index (κ2) is 9.66. The molecular weight excluding hydrogens is 416 g/mol. The molecule has 1 amide bonds. The highest BCUT2D eigenvalue weighted by Crippen LogP contribution is 2.20. The van der Waals surface area contributed by atoms with Crippen LogP contribution in [0.25, 0.3) is 5.69 Å². The number of nitrogen functional groups attached to an aromatic ring is 1. The number of nitriles is 1. The van der Waals surface area contributed by atoms with E-state index in [2.05, 4.69) is 15.4 Å². The molecule has 0 fully saturated rings. The van der Waals surface area contributed by atoms with Crippen LogP contribution in [-0.4, -0.2) is 20.7 Å². The Labute approximate surface area is 191 Å². The Balaban J connectivity index is 1.36. The third-order valence-electron chi connectivity index (χ3n) is 5.16. The van der Waals surface area contributed by atoms with Gasteiger partial charge in [-0.15, -0.1) is 0 Å². The molecule has 8 nitrogen and oxygen atoms in total. The summed E-state index contributed by atoms with van der Waals surface area (Å²) in [5, 5.41) is 16.1. The Morgan fingerprint density at radius 3 is 2.55 bits per heavy atom. The van der Waals surface area contributed by atoms with E-state index in [9.17, 15) is 4.79 Å². The average molecular weight is 438 g/mol. The van der Waals surface area contributed by atoms with Gasteiger partial charge >= 0.3 is 0 Å². The molecule has 0 spiro atoms. The Kier molecular flexibility index (Phi) is 6.32. The predicted molar refractivity (Wildman–Crippen MR) is 124 cm³/mol. The van der Waals surface area contributed by atoms with E-state index in [1.807, 2.05) is 49.4 Å². The SMILES string of the molecule is C[C@@H](NC(=O)c1ccc(-n2ncc(C#N)c2N)cc1)c1ccc(OCc2cccnc2)cc1. The highest BCUT2D eigenvalue weighted by molar-refractivity contribution is 5.94. The fourth-order valence-electron chi connectivity index (χ4n) is 3.27. The van der Waals surface area contributed by atoms with Crippen LogP contribution in [0.15, 0.2) is 79.3 Å². The molecule has 8 heteroatoms. The fourth-order valence-corrected chi connectivity index (χ4v) is 3.27. The minimum Gasteiger partial charge on any atom is -0.489 e. The first-order valence-corrected chi connectivity index (χ1v) is 10.3. The largest absolute Gasteiger partial charge is 0.489 e. The second-order valence-corrected chi connectivity index (χ2v) is 7.43. The highest BCUT2D eigenvalue weighted by Gasteiger charge is 2.13. The number of nitrogens with two attached hydrogens (primary N) is 1. The number of anilines is 1. The van der Waals surface area contributed by atoms with Crippen LogP contribution in [0.2, 0.25) is 0 Å². The molecule has 0 saturated carbocycles. The zero-order chi connectivity index (χ0) is 23.2. The van der Waals surface area contributed by atoms with Gasteiger partial charge in [-0.2, -0.15) is 10.4 Å². The molecule has 0 bridgehead atoms. The highest BCUT2D eigenvalue weighted by atomic mass is 16.5. The van der Waals surface area contributed by atoms with Gasteiger partial charge in [0.1, 0.15) is 29.8 Å². The Hall–Kier alpha value is -4.64. The van der Waals surface area contributed by atoms with Crippen molar-refractivity contribution in [2.75, 3.05) is 5.73 Å². The third kappa shape index (κ3) is 4.99. The van der Waals surface area contributed by atoms with E-state index in [0.717, 1.165) is 16.9 Å². The van der Waals surface area contributed by atoms with Crippen LogP contribution in [0.4, 0.5) is 5.82 Å². The Morgan fingerprint density at radius 1 is 1.15 bits per heavy atom. The fraction of sp³-hybridized carbons (Fsp3) is 0.120. The topological polar surface area (TPSA) is 119 Å². The van der Waals surface area contributed by atoms with Crippen molar-refractivity contribution in [1.82, 2.24) is 20.1 Å². The van der Waals surface area contributed by atoms with E-state index in [0.29, 0.717) is 23.4 Å². The molecule has 4 aromatic rings. The van der Waals surface area contributed by atoms with Gasteiger partial charge in [0, 0.05) is 23.5 Å². The van der Waals surface area contributed by atoms with Crippen molar-refractivity contribution in [3.05, 3.63) is 102 Å². The summed E-state index contributed by atoms with van der Waals surface area (Å²) in [7, 11) is 0. The third-order valence-corrected chi connectivity index (χ3v) is 5.16. The van der Waals surface area contributed by atoms with Crippen LogP contribution in [0.5, 0.6) is 5.75 Å². The van der Waals surface area contributed by atoms with Crippen LogP contribution in [0.1, 0.15) is 40.0 Å². The summed E-state index contributed by atoms with van der Waals surface area (Å²) in [4.78, 5) is 16.8. The van der Waals surface area contributed by atoms with Crippen LogP contribution in [0, 0.1) is 11.3 Å². The van der Waals surface area contributed by atoms with Gasteiger partial charge in [0.25, 0.3) is 5.91 Å². The van der Waals surface area contributed by atoms with Gasteiger partial charge in [-0.25, -0.2) is 4.68 Å². The number of nitrogens with zero attached hydrogens (tertiary/aromatic N) is 4. The molecule has 0 saturated heterocycles. The van der Waals surface area contributed by atoms with Crippen molar-refractivity contribution in [3.8, 4) is 17.5 Å². The molecule has 2 aromatic carbocycles. The average Bonchev–Trinajstić information content (AvgIpc) is 3.24. The quantitative estimate of drug-likeness (QED) is 0.453. The summed E-state index contributed by atoms with van der Waals surface area (Å²) < 4.78 is 7.24. The van der Waals surface area contributed by atoms with Gasteiger partial charge in [-0.3, -0.25) is 9.78 Å². The maximum atomic E-state index is 12.7. The first kappa shape index (κ1) is 21.6. The molecule has 0 aliphatic heterocycles. The zero-order valence-electron chi connectivity index (χ0n) is 18.0. The molecule has 3 N–H and O–H groups in total. The van der Waals surface area contributed by atoms with E-state index in [-0.39, 0.29) is 17.8 Å². The zero-order valence-corrected chi connectivity index (χ0v) is 18.0. The smallest absolute Gasteiger partial charge is 0.251 e. The number of carbonyl (C=O) groups excluding carboxylic acids is 1. The summed E-state index contributed by atoms with van der Waals surface area (Å²) in [6.45, 7) is 2.36. The molecule has 0 aliphatic rings. The van der Waals surface area contributed by atoms with Crippen molar-refractivity contribution < 1.29 is 9.53 Å². The van der Waals surface area contributed by atoms with Gasteiger partial charge in [-0.1, -0.05) is 18.2 Å². The predicted octanol–water partition coefficient (Wildman–Crippen LogP) is 3.79. The number of nitrogens with one attached hydrogen (secondary N) is 1. The van der Waals surface area contributed by atoms with E-state index in [4.69, 9.17) is 15.7 Å². The van der Waals surface area contributed by atoms with E-state index in [1.54, 1.807) is 36.7 Å². The molecule has 0 aliphatic carbocycles. The van der Waals surface area contributed by atoms with Crippen molar-refractivity contribution in [1.29, 1.82) is 5.26 Å². The van der Waals surface area contributed by atoms with Crippen molar-refractivity contribution in [3.63, 3.8) is 0 Å². The Morgan fingerprint density at radius 2 is 1.91 bits per heavy atom. The van der Waals surface area contributed by atoms with Crippen LogP contribution in [0.3, 0.4) is 0 Å². The summed E-state index contributed by atoms with van der Waals surface area (Å²) >= 11 is 0. The van der Waals surface area contributed by atoms with E-state index < -0.39 is 0 Å².